The smallest absolute Gasteiger partial charge is 0.0994 e. The van der Waals surface area contributed by atoms with Crippen LogP contribution in [0, 0.1) is 18.3 Å². The monoisotopic (exact) mass is 252 g/mol. The molecular formula is C16H16N2O. The average Bonchev–Trinajstić information content (AvgIpc) is 2.46. The summed E-state index contributed by atoms with van der Waals surface area (Å²) in [5.41, 5.74) is 4.83. The Morgan fingerprint density at radius 2 is 2.00 bits per heavy atom. The highest BCUT2D eigenvalue weighted by Gasteiger charge is 2.07. The standard InChI is InChI=1S/C16H16N2O/c1-11-6-13(4-5-14(11)8-17)16-7-15(9-18-10-16)12(2)19-3/h4-7,9-10,12H,1-3H3. The molecule has 3 nitrogen and oxygen atoms in total. The number of hydrogen-bond donors (Lipinski definition) is 0. The van der Waals surface area contributed by atoms with Gasteiger partial charge in [-0.2, -0.15) is 5.26 Å². The highest BCUT2D eigenvalue weighted by atomic mass is 16.5. The van der Waals surface area contributed by atoms with Crippen LogP contribution in [0.15, 0.2) is 36.7 Å². The van der Waals surface area contributed by atoms with Crippen molar-refractivity contribution in [2.45, 2.75) is 20.0 Å². The van der Waals surface area contributed by atoms with E-state index in [-0.39, 0.29) is 6.10 Å². The first kappa shape index (κ1) is 13.3. The molecule has 0 aliphatic heterocycles. The van der Waals surface area contributed by atoms with Gasteiger partial charge in [-0.3, -0.25) is 4.98 Å². The molecule has 2 rings (SSSR count). The zero-order chi connectivity index (χ0) is 13.8. The van der Waals surface area contributed by atoms with E-state index >= 15 is 0 Å². The molecular weight excluding hydrogens is 236 g/mol. The van der Waals surface area contributed by atoms with Gasteiger partial charge in [0.1, 0.15) is 0 Å². The van der Waals surface area contributed by atoms with Gasteiger partial charge in [0.25, 0.3) is 0 Å². The summed E-state index contributed by atoms with van der Waals surface area (Å²) in [4.78, 5) is 4.26. The van der Waals surface area contributed by atoms with Crippen molar-refractivity contribution in [3.63, 3.8) is 0 Å². The molecule has 1 atom stereocenters. The van der Waals surface area contributed by atoms with Gasteiger partial charge < -0.3 is 4.74 Å². The number of ether oxygens (including phenoxy) is 1. The minimum absolute atomic E-state index is 0.0203. The Morgan fingerprint density at radius 3 is 2.63 bits per heavy atom. The molecule has 0 aliphatic carbocycles. The number of rotatable bonds is 3. The third-order valence-electron chi connectivity index (χ3n) is 3.26. The van der Waals surface area contributed by atoms with Gasteiger partial charge in [0.2, 0.25) is 0 Å². The first-order valence-electron chi connectivity index (χ1n) is 6.14. The molecule has 1 aromatic carbocycles. The summed E-state index contributed by atoms with van der Waals surface area (Å²) in [5, 5.41) is 8.95. The Labute approximate surface area is 113 Å². The second-order valence-corrected chi connectivity index (χ2v) is 4.53. The van der Waals surface area contributed by atoms with E-state index in [0.717, 1.165) is 22.3 Å². The molecule has 0 aliphatic rings. The van der Waals surface area contributed by atoms with Gasteiger partial charge in [-0.25, -0.2) is 0 Å². The number of nitriles is 1. The predicted octanol–water partition coefficient (Wildman–Crippen LogP) is 3.64. The second kappa shape index (κ2) is 5.64. The summed E-state index contributed by atoms with van der Waals surface area (Å²) < 4.78 is 5.30. The van der Waals surface area contributed by atoms with E-state index < -0.39 is 0 Å². The zero-order valence-electron chi connectivity index (χ0n) is 11.3. The summed E-state index contributed by atoms with van der Waals surface area (Å²) in [7, 11) is 1.68. The third-order valence-corrected chi connectivity index (χ3v) is 3.26. The number of aryl methyl sites for hydroxylation is 1. The lowest BCUT2D eigenvalue weighted by Gasteiger charge is -2.11. The Morgan fingerprint density at radius 1 is 1.21 bits per heavy atom. The predicted molar refractivity (Wildman–Crippen MR) is 74.5 cm³/mol. The lowest BCUT2D eigenvalue weighted by molar-refractivity contribution is 0.119. The molecule has 1 unspecified atom stereocenters. The first-order chi connectivity index (χ1) is 9.15. The fourth-order valence-electron chi connectivity index (χ4n) is 1.94. The highest BCUT2D eigenvalue weighted by Crippen LogP contribution is 2.25. The van der Waals surface area contributed by atoms with E-state index in [1.165, 1.54) is 0 Å². The van der Waals surface area contributed by atoms with Crippen LogP contribution in [0.1, 0.15) is 29.7 Å². The number of hydrogen-bond acceptors (Lipinski definition) is 3. The molecule has 96 valence electrons. The summed E-state index contributed by atoms with van der Waals surface area (Å²) in [6.07, 6.45) is 3.66. The van der Waals surface area contributed by atoms with Gasteiger partial charge in [-0.05, 0) is 42.7 Å². The summed E-state index contributed by atoms with van der Waals surface area (Å²) >= 11 is 0. The van der Waals surface area contributed by atoms with Crippen LogP contribution in [0.5, 0.6) is 0 Å². The molecule has 0 spiro atoms. The molecule has 3 heteroatoms. The molecule has 1 aromatic heterocycles. The van der Waals surface area contributed by atoms with E-state index in [2.05, 4.69) is 17.1 Å². The average molecular weight is 252 g/mol. The largest absolute Gasteiger partial charge is 0.377 e. The third kappa shape index (κ3) is 2.81. The quantitative estimate of drug-likeness (QED) is 0.837. The molecule has 1 heterocycles. The van der Waals surface area contributed by atoms with Crippen LogP contribution in [-0.4, -0.2) is 12.1 Å². The van der Waals surface area contributed by atoms with Crippen molar-refractivity contribution in [1.82, 2.24) is 4.98 Å². The van der Waals surface area contributed by atoms with Crippen LogP contribution in [0.2, 0.25) is 0 Å². The number of nitrogens with zero attached hydrogens (tertiary/aromatic N) is 2. The van der Waals surface area contributed by atoms with Gasteiger partial charge in [-0.15, -0.1) is 0 Å². The Kier molecular flexibility index (Phi) is 3.94. The van der Waals surface area contributed by atoms with Crippen LogP contribution < -0.4 is 0 Å². The molecule has 19 heavy (non-hydrogen) atoms. The maximum Gasteiger partial charge on any atom is 0.0994 e. The molecule has 0 bridgehead atoms. The van der Waals surface area contributed by atoms with Crippen molar-refractivity contribution in [1.29, 1.82) is 5.26 Å². The Balaban J connectivity index is 2.42. The van der Waals surface area contributed by atoms with Gasteiger partial charge >= 0.3 is 0 Å². The van der Waals surface area contributed by atoms with Gasteiger partial charge in [0.05, 0.1) is 17.7 Å². The molecule has 0 radical (unpaired) electrons. The van der Waals surface area contributed by atoms with E-state index in [9.17, 15) is 0 Å². The highest BCUT2D eigenvalue weighted by molar-refractivity contribution is 5.65. The fraction of sp³-hybridized carbons (Fsp3) is 0.250. The lowest BCUT2D eigenvalue weighted by atomic mass is 10.00. The number of benzene rings is 1. The van der Waals surface area contributed by atoms with Crippen LogP contribution in [0.25, 0.3) is 11.1 Å². The second-order valence-electron chi connectivity index (χ2n) is 4.53. The van der Waals surface area contributed by atoms with E-state index in [0.29, 0.717) is 5.56 Å². The van der Waals surface area contributed by atoms with Crippen LogP contribution in [0.3, 0.4) is 0 Å². The molecule has 0 N–H and O–H groups in total. The van der Waals surface area contributed by atoms with Crippen molar-refractivity contribution >= 4 is 0 Å². The van der Waals surface area contributed by atoms with Gasteiger partial charge in [-0.1, -0.05) is 12.1 Å². The zero-order valence-corrected chi connectivity index (χ0v) is 11.3. The van der Waals surface area contributed by atoms with E-state index in [1.807, 2.05) is 44.4 Å². The van der Waals surface area contributed by atoms with Crippen LogP contribution in [-0.2, 0) is 4.74 Å². The van der Waals surface area contributed by atoms with Crippen molar-refractivity contribution in [3.05, 3.63) is 53.3 Å². The summed E-state index contributed by atoms with van der Waals surface area (Å²) in [6.45, 7) is 3.93. The molecule has 0 fully saturated rings. The molecule has 0 saturated carbocycles. The van der Waals surface area contributed by atoms with Gasteiger partial charge in [0.15, 0.2) is 0 Å². The van der Waals surface area contributed by atoms with E-state index in [4.69, 9.17) is 10.00 Å². The maximum absolute atomic E-state index is 8.95. The van der Waals surface area contributed by atoms with Crippen LogP contribution in [0.4, 0.5) is 0 Å². The van der Waals surface area contributed by atoms with Crippen LogP contribution >= 0.6 is 0 Å². The van der Waals surface area contributed by atoms with Crippen molar-refractivity contribution < 1.29 is 4.74 Å². The van der Waals surface area contributed by atoms with Gasteiger partial charge in [0, 0.05) is 25.1 Å². The summed E-state index contributed by atoms with van der Waals surface area (Å²) in [5.74, 6) is 0. The number of methoxy groups -OCH3 is 1. The Bertz CT molecular complexity index is 629. The fourth-order valence-corrected chi connectivity index (χ4v) is 1.94. The lowest BCUT2D eigenvalue weighted by Crippen LogP contribution is -1.97. The minimum atomic E-state index is 0.0203. The Hall–Kier alpha value is -2.18. The first-order valence-corrected chi connectivity index (χ1v) is 6.14. The molecule has 2 aromatic rings. The topological polar surface area (TPSA) is 45.9 Å². The number of aromatic nitrogens is 1. The molecule has 0 amide bonds. The van der Waals surface area contributed by atoms with Crippen molar-refractivity contribution in [2.75, 3.05) is 7.11 Å². The van der Waals surface area contributed by atoms with E-state index in [1.54, 1.807) is 7.11 Å². The van der Waals surface area contributed by atoms with Crippen molar-refractivity contribution in [3.8, 4) is 17.2 Å². The SMILES string of the molecule is COC(C)c1cncc(-c2ccc(C#N)c(C)c2)c1. The maximum atomic E-state index is 8.95. The molecule has 0 saturated heterocycles. The van der Waals surface area contributed by atoms with Crippen molar-refractivity contribution in [2.24, 2.45) is 0 Å². The minimum Gasteiger partial charge on any atom is -0.377 e. The summed E-state index contributed by atoms with van der Waals surface area (Å²) in [6, 6.07) is 10.1. The number of pyridine rings is 1. The normalized spacial score (nSPS) is 11.9.